The molecule has 0 amide bonds. The fourth-order valence-corrected chi connectivity index (χ4v) is 0.389. The largest absolute Gasteiger partial charge is 0.481 e. The molecule has 0 spiro atoms. The highest BCUT2D eigenvalue weighted by Gasteiger charge is 1.96. The molecule has 0 bridgehead atoms. The molecule has 0 atom stereocenters. The maximum Gasteiger partial charge on any atom is 0.343 e. The number of hydrogen-bond acceptors (Lipinski definition) is 3. The second-order valence-electron chi connectivity index (χ2n) is 1.56. The Bertz CT molecular complexity index is 84.6. The van der Waals surface area contributed by atoms with Gasteiger partial charge in [0.2, 0.25) is 0 Å². The maximum absolute atomic E-state index is 9.85. The first-order chi connectivity index (χ1) is 4.27. The molecule has 0 rings (SSSR count). The van der Waals surface area contributed by atoms with E-state index in [0.29, 0.717) is 12.7 Å². The van der Waals surface area contributed by atoms with Crippen LogP contribution in [0.2, 0.25) is 6.32 Å². The zero-order chi connectivity index (χ0) is 7.11. The molecule has 0 saturated carbocycles. The molecule has 2 N–H and O–H groups in total. The van der Waals surface area contributed by atoms with Crippen molar-refractivity contribution in [2.45, 2.75) is 19.2 Å². The lowest BCUT2D eigenvalue weighted by Crippen LogP contribution is -1.97. The van der Waals surface area contributed by atoms with Crippen molar-refractivity contribution in [3.63, 3.8) is 0 Å². The molecule has 0 aromatic rings. The van der Waals surface area contributed by atoms with E-state index in [4.69, 9.17) is 10.4 Å². The van der Waals surface area contributed by atoms with Gasteiger partial charge in [-0.05, 0) is 12.7 Å². The van der Waals surface area contributed by atoms with Crippen LogP contribution in [0.15, 0.2) is 0 Å². The average molecular weight is 131 g/mol. The summed E-state index contributed by atoms with van der Waals surface area (Å²) in [6, 6.07) is 0. The number of rotatable bonds is 5. The number of carboxylic acids is 1. The predicted octanol–water partition coefficient (Wildman–Crippen LogP) is 0.378. The minimum Gasteiger partial charge on any atom is -0.481 e. The number of carbonyl (C=O) groups is 1. The van der Waals surface area contributed by atoms with Gasteiger partial charge in [0.05, 0.1) is 0 Å². The molecule has 0 aliphatic rings. The molecule has 4 nitrogen and oxygen atoms in total. The zero-order valence-corrected chi connectivity index (χ0v) is 4.91. The molecule has 9 heavy (non-hydrogen) atoms. The van der Waals surface area contributed by atoms with Gasteiger partial charge in [0.25, 0.3) is 0 Å². The van der Waals surface area contributed by atoms with Crippen molar-refractivity contribution in [2.24, 2.45) is 0 Å². The molecule has 0 aliphatic carbocycles. The molecule has 0 aliphatic heterocycles. The van der Waals surface area contributed by atoms with E-state index in [1.807, 2.05) is 0 Å². The van der Waals surface area contributed by atoms with Crippen LogP contribution in [0.1, 0.15) is 12.8 Å². The summed E-state index contributed by atoms with van der Waals surface area (Å²) >= 11 is 0. The molecular formula is C4H8BO4. The molecule has 0 fully saturated rings. The van der Waals surface area contributed by atoms with Gasteiger partial charge in [0.1, 0.15) is 0 Å². The topological polar surface area (TPSA) is 66.8 Å². The van der Waals surface area contributed by atoms with Crippen molar-refractivity contribution in [3.8, 4) is 0 Å². The van der Waals surface area contributed by atoms with Crippen LogP contribution in [0.5, 0.6) is 0 Å². The molecule has 51 valence electrons. The highest BCUT2D eigenvalue weighted by molar-refractivity contribution is 6.26. The third kappa shape index (κ3) is 7.45. The molecular weight excluding hydrogens is 123 g/mol. The Morgan fingerprint density at radius 1 is 1.67 bits per heavy atom. The predicted molar refractivity (Wildman–Crippen MR) is 31.1 cm³/mol. The van der Waals surface area contributed by atoms with Gasteiger partial charge < -0.3 is 9.91 Å². The van der Waals surface area contributed by atoms with Crippen molar-refractivity contribution in [1.82, 2.24) is 0 Å². The minimum atomic E-state index is -0.832. The third-order valence-corrected chi connectivity index (χ3v) is 0.787. The van der Waals surface area contributed by atoms with Crippen molar-refractivity contribution in [3.05, 3.63) is 0 Å². The Morgan fingerprint density at radius 2 is 2.33 bits per heavy atom. The molecule has 0 aromatic carbocycles. The van der Waals surface area contributed by atoms with Gasteiger partial charge in [-0.1, -0.05) is 0 Å². The Hall–Kier alpha value is -0.545. The van der Waals surface area contributed by atoms with E-state index in [1.165, 1.54) is 0 Å². The van der Waals surface area contributed by atoms with Gasteiger partial charge in [-0.15, -0.1) is 0 Å². The SMILES string of the molecule is O=C(O)CCC[B]OO. The van der Waals surface area contributed by atoms with Crippen LogP contribution in [0.25, 0.3) is 0 Å². The van der Waals surface area contributed by atoms with Gasteiger partial charge in [0, 0.05) is 6.42 Å². The van der Waals surface area contributed by atoms with E-state index < -0.39 is 5.97 Å². The molecule has 0 saturated heterocycles. The van der Waals surface area contributed by atoms with E-state index in [1.54, 1.807) is 0 Å². The lowest BCUT2D eigenvalue weighted by atomic mass is 9.92. The van der Waals surface area contributed by atoms with Crippen molar-refractivity contribution in [1.29, 1.82) is 0 Å². The molecule has 0 unspecified atom stereocenters. The van der Waals surface area contributed by atoms with E-state index in [0.717, 1.165) is 7.48 Å². The Balaban J connectivity index is 2.83. The smallest absolute Gasteiger partial charge is 0.343 e. The first-order valence-corrected chi connectivity index (χ1v) is 2.61. The Morgan fingerprint density at radius 3 is 2.78 bits per heavy atom. The summed E-state index contributed by atoms with van der Waals surface area (Å²) in [6.07, 6.45) is 1.07. The monoisotopic (exact) mass is 131 g/mol. The van der Waals surface area contributed by atoms with E-state index in [-0.39, 0.29) is 6.42 Å². The van der Waals surface area contributed by atoms with Crippen molar-refractivity contribution >= 4 is 13.5 Å². The van der Waals surface area contributed by atoms with Crippen LogP contribution < -0.4 is 0 Å². The fourth-order valence-electron chi connectivity index (χ4n) is 0.389. The van der Waals surface area contributed by atoms with Gasteiger partial charge in [-0.3, -0.25) is 10.1 Å². The second kappa shape index (κ2) is 5.59. The Labute approximate surface area is 53.6 Å². The lowest BCUT2D eigenvalue weighted by Gasteiger charge is -1.90. The van der Waals surface area contributed by atoms with E-state index >= 15 is 0 Å². The number of hydrogen-bond donors (Lipinski definition) is 2. The second-order valence-corrected chi connectivity index (χ2v) is 1.56. The van der Waals surface area contributed by atoms with Crippen LogP contribution in [-0.2, 0) is 9.60 Å². The van der Waals surface area contributed by atoms with E-state index in [9.17, 15) is 4.79 Å². The summed E-state index contributed by atoms with van der Waals surface area (Å²) in [5, 5.41) is 15.8. The Kier molecular flexibility index (Phi) is 5.25. The summed E-state index contributed by atoms with van der Waals surface area (Å²) < 4.78 is 0. The van der Waals surface area contributed by atoms with Crippen molar-refractivity contribution < 1.29 is 20.0 Å². The lowest BCUT2D eigenvalue weighted by molar-refractivity contribution is -0.139. The van der Waals surface area contributed by atoms with Gasteiger partial charge in [-0.2, -0.15) is 0 Å². The van der Waals surface area contributed by atoms with Crippen LogP contribution in [0, 0.1) is 0 Å². The average Bonchev–Trinajstić information content (AvgIpc) is 1.80. The van der Waals surface area contributed by atoms with Crippen LogP contribution in [-0.4, -0.2) is 23.8 Å². The quantitative estimate of drug-likeness (QED) is 0.245. The summed E-state index contributed by atoms with van der Waals surface area (Å²) in [5.74, 6) is -0.832. The summed E-state index contributed by atoms with van der Waals surface area (Å²) in [4.78, 5) is 13.5. The van der Waals surface area contributed by atoms with Gasteiger partial charge in [0.15, 0.2) is 0 Å². The van der Waals surface area contributed by atoms with E-state index in [2.05, 4.69) is 4.81 Å². The number of aliphatic carboxylic acids is 1. The van der Waals surface area contributed by atoms with Gasteiger partial charge >= 0.3 is 13.5 Å². The van der Waals surface area contributed by atoms with Crippen LogP contribution >= 0.6 is 0 Å². The first-order valence-electron chi connectivity index (χ1n) is 2.61. The highest BCUT2D eigenvalue weighted by Crippen LogP contribution is 1.93. The standard InChI is InChI=1S/C4H8BO4/c6-4(7)2-1-3-5-9-8/h8H,1-3H2,(H,6,7). The molecule has 0 aromatic heterocycles. The normalized spacial score (nSPS) is 9.00. The molecule has 0 heterocycles. The zero-order valence-electron chi connectivity index (χ0n) is 4.91. The van der Waals surface area contributed by atoms with Crippen molar-refractivity contribution in [2.75, 3.05) is 0 Å². The third-order valence-electron chi connectivity index (χ3n) is 0.787. The first kappa shape index (κ1) is 8.45. The summed E-state index contributed by atoms with van der Waals surface area (Å²) in [6.45, 7) is 0. The van der Waals surface area contributed by atoms with Crippen LogP contribution in [0.4, 0.5) is 0 Å². The minimum absolute atomic E-state index is 0.111. The molecule has 5 heteroatoms. The summed E-state index contributed by atoms with van der Waals surface area (Å²) in [7, 11) is 1.16. The number of carboxylic acid groups (broad SMARTS) is 1. The fraction of sp³-hybridized carbons (Fsp3) is 0.750. The van der Waals surface area contributed by atoms with Gasteiger partial charge in [-0.25, -0.2) is 0 Å². The summed E-state index contributed by atoms with van der Waals surface area (Å²) in [5.41, 5.74) is 0. The maximum atomic E-state index is 9.85. The van der Waals surface area contributed by atoms with Crippen LogP contribution in [0.3, 0.4) is 0 Å². The highest BCUT2D eigenvalue weighted by atomic mass is 17.1. The molecule has 1 radical (unpaired) electrons.